The van der Waals surface area contributed by atoms with Gasteiger partial charge in [0.2, 0.25) is 11.8 Å². The van der Waals surface area contributed by atoms with E-state index >= 15 is 0 Å². The molecule has 1 heterocycles. The van der Waals surface area contributed by atoms with Crippen molar-refractivity contribution in [3.8, 4) is 0 Å². The summed E-state index contributed by atoms with van der Waals surface area (Å²) in [6, 6.07) is 0.138. The summed E-state index contributed by atoms with van der Waals surface area (Å²) in [6.45, 7) is 2.34. The number of nitrogens with zero attached hydrogens (tertiary/aromatic N) is 1. The Hall–Kier alpha value is -0.550. The molecule has 2 aliphatic rings. The summed E-state index contributed by atoms with van der Waals surface area (Å²) in [5.41, 5.74) is 0. The first-order valence-corrected chi connectivity index (χ1v) is 7.57. The van der Waals surface area contributed by atoms with Crippen LogP contribution in [0.5, 0.6) is 0 Å². The SMILES string of the molecule is CCN1C(=O)CC(NC2CCC(SC)C2)C1=O. The molecule has 4 nitrogen and oxygen atoms in total. The van der Waals surface area contributed by atoms with Crippen LogP contribution in [0.2, 0.25) is 0 Å². The number of carbonyl (C=O) groups is 2. The zero-order chi connectivity index (χ0) is 12.4. The van der Waals surface area contributed by atoms with Crippen LogP contribution in [-0.2, 0) is 9.59 Å². The lowest BCUT2D eigenvalue weighted by Gasteiger charge is -2.17. The maximum absolute atomic E-state index is 11.9. The number of hydrogen-bond donors (Lipinski definition) is 1. The highest BCUT2D eigenvalue weighted by molar-refractivity contribution is 7.99. The zero-order valence-corrected chi connectivity index (χ0v) is 11.3. The molecule has 2 amide bonds. The molecule has 1 saturated heterocycles. The fourth-order valence-electron chi connectivity index (χ4n) is 2.74. The number of likely N-dealkylation sites (N-methyl/N-ethyl adjacent to an activating group) is 1. The fourth-order valence-corrected chi connectivity index (χ4v) is 3.53. The summed E-state index contributed by atoms with van der Waals surface area (Å²) in [4.78, 5) is 24.9. The van der Waals surface area contributed by atoms with E-state index in [-0.39, 0.29) is 17.9 Å². The average Bonchev–Trinajstić information content (AvgIpc) is 2.86. The first kappa shape index (κ1) is 12.9. The van der Waals surface area contributed by atoms with Crippen LogP contribution in [0.1, 0.15) is 32.6 Å². The fraction of sp³-hybridized carbons (Fsp3) is 0.833. The molecule has 3 atom stereocenters. The number of carbonyl (C=O) groups excluding carboxylic acids is 2. The Balaban J connectivity index is 1.88. The second kappa shape index (κ2) is 5.40. The van der Waals surface area contributed by atoms with E-state index in [1.165, 1.54) is 11.3 Å². The van der Waals surface area contributed by atoms with E-state index in [4.69, 9.17) is 0 Å². The molecule has 1 aliphatic heterocycles. The normalized spacial score (nSPS) is 33.8. The van der Waals surface area contributed by atoms with Gasteiger partial charge < -0.3 is 5.32 Å². The Morgan fingerprint density at radius 2 is 2.18 bits per heavy atom. The molecule has 1 aliphatic carbocycles. The van der Waals surface area contributed by atoms with E-state index in [1.54, 1.807) is 0 Å². The molecule has 0 radical (unpaired) electrons. The predicted octanol–water partition coefficient (Wildman–Crippen LogP) is 1.01. The van der Waals surface area contributed by atoms with E-state index in [0.29, 0.717) is 24.3 Å². The van der Waals surface area contributed by atoms with E-state index in [9.17, 15) is 9.59 Å². The summed E-state index contributed by atoms with van der Waals surface area (Å²) >= 11 is 1.90. The van der Waals surface area contributed by atoms with Crippen molar-refractivity contribution in [2.24, 2.45) is 0 Å². The lowest BCUT2D eigenvalue weighted by Crippen LogP contribution is -2.43. The van der Waals surface area contributed by atoms with Gasteiger partial charge in [0.05, 0.1) is 12.5 Å². The van der Waals surface area contributed by atoms with E-state index in [2.05, 4.69) is 11.6 Å². The third-order valence-electron chi connectivity index (χ3n) is 3.71. The van der Waals surface area contributed by atoms with Gasteiger partial charge in [-0.15, -0.1) is 0 Å². The molecule has 17 heavy (non-hydrogen) atoms. The number of likely N-dealkylation sites (tertiary alicyclic amines) is 1. The second-order valence-electron chi connectivity index (χ2n) is 4.77. The molecule has 2 rings (SSSR count). The van der Waals surface area contributed by atoms with Crippen LogP contribution in [0, 0.1) is 0 Å². The molecule has 3 unspecified atom stereocenters. The number of nitrogens with one attached hydrogen (secondary N) is 1. The summed E-state index contributed by atoms with van der Waals surface area (Å²) in [7, 11) is 0. The van der Waals surface area contributed by atoms with Crippen LogP contribution in [-0.4, -0.2) is 46.8 Å². The van der Waals surface area contributed by atoms with Gasteiger partial charge in [0.15, 0.2) is 0 Å². The summed E-state index contributed by atoms with van der Waals surface area (Å²) < 4.78 is 0. The number of imide groups is 1. The minimum atomic E-state index is -0.270. The Kier molecular flexibility index (Phi) is 4.09. The summed E-state index contributed by atoms with van der Waals surface area (Å²) in [5.74, 6) is -0.0699. The number of hydrogen-bond acceptors (Lipinski definition) is 4. The van der Waals surface area contributed by atoms with Crippen molar-refractivity contribution < 1.29 is 9.59 Å². The van der Waals surface area contributed by atoms with Gasteiger partial charge in [0, 0.05) is 17.8 Å². The first-order valence-electron chi connectivity index (χ1n) is 6.28. The molecule has 0 spiro atoms. The average molecular weight is 256 g/mol. The van der Waals surface area contributed by atoms with Crippen LogP contribution in [0.4, 0.5) is 0 Å². The van der Waals surface area contributed by atoms with Crippen molar-refractivity contribution in [2.45, 2.75) is 49.9 Å². The Morgan fingerprint density at radius 3 is 2.71 bits per heavy atom. The van der Waals surface area contributed by atoms with Crippen molar-refractivity contribution in [3.63, 3.8) is 0 Å². The van der Waals surface area contributed by atoms with E-state index < -0.39 is 0 Å². The molecule has 96 valence electrons. The number of thioether (sulfide) groups is 1. The van der Waals surface area contributed by atoms with Crippen molar-refractivity contribution in [1.82, 2.24) is 10.2 Å². The smallest absolute Gasteiger partial charge is 0.246 e. The molecule has 0 aromatic rings. The molecule has 0 bridgehead atoms. The molecular weight excluding hydrogens is 236 g/mol. The van der Waals surface area contributed by atoms with Gasteiger partial charge in [0.1, 0.15) is 0 Å². The van der Waals surface area contributed by atoms with Crippen molar-refractivity contribution in [3.05, 3.63) is 0 Å². The second-order valence-corrected chi connectivity index (χ2v) is 5.91. The van der Waals surface area contributed by atoms with Crippen molar-refractivity contribution in [1.29, 1.82) is 0 Å². The van der Waals surface area contributed by atoms with E-state index in [0.717, 1.165) is 12.8 Å². The molecule has 0 aromatic carbocycles. The number of rotatable bonds is 4. The van der Waals surface area contributed by atoms with Crippen LogP contribution in [0.25, 0.3) is 0 Å². The Bertz CT molecular complexity index is 322. The predicted molar refractivity (Wildman–Crippen MR) is 68.9 cm³/mol. The quantitative estimate of drug-likeness (QED) is 0.763. The molecular formula is C12H20N2O2S. The van der Waals surface area contributed by atoms with Crippen LogP contribution in [0.15, 0.2) is 0 Å². The van der Waals surface area contributed by atoms with Gasteiger partial charge in [0.25, 0.3) is 0 Å². The monoisotopic (exact) mass is 256 g/mol. The Morgan fingerprint density at radius 1 is 1.41 bits per heavy atom. The van der Waals surface area contributed by atoms with Gasteiger partial charge in [-0.2, -0.15) is 11.8 Å². The lowest BCUT2D eigenvalue weighted by molar-refractivity contribution is -0.138. The summed E-state index contributed by atoms with van der Waals surface area (Å²) in [5, 5.41) is 4.07. The molecule has 0 aromatic heterocycles. The summed E-state index contributed by atoms with van der Waals surface area (Å²) in [6.07, 6.45) is 5.93. The van der Waals surface area contributed by atoms with Gasteiger partial charge in [-0.3, -0.25) is 14.5 Å². The zero-order valence-electron chi connectivity index (χ0n) is 10.4. The van der Waals surface area contributed by atoms with Gasteiger partial charge in [-0.1, -0.05) is 0 Å². The maximum atomic E-state index is 11.9. The van der Waals surface area contributed by atoms with Crippen LogP contribution in [0.3, 0.4) is 0 Å². The van der Waals surface area contributed by atoms with Crippen molar-refractivity contribution in [2.75, 3.05) is 12.8 Å². The lowest BCUT2D eigenvalue weighted by atomic mass is 10.2. The third kappa shape index (κ3) is 2.65. The highest BCUT2D eigenvalue weighted by Gasteiger charge is 2.39. The van der Waals surface area contributed by atoms with Crippen LogP contribution >= 0.6 is 11.8 Å². The standard InChI is InChI=1S/C12H20N2O2S/c1-3-14-11(15)7-10(12(14)16)13-8-4-5-9(6-8)17-2/h8-10,13H,3-7H2,1-2H3. The largest absolute Gasteiger partial charge is 0.303 e. The van der Waals surface area contributed by atoms with Gasteiger partial charge >= 0.3 is 0 Å². The van der Waals surface area contributed by atoms with Gasteiger partial charge in [-0.05, 0) is 32.4 Å². The number of amides is 2. The third-order valence-corrected chi connectivity index (χ3v) is 4.81. The highest BCUT2D eigenvalue weighted by atomic mass is 32.2. The van der Waals surface area contributed by atoms with Crippen molar-refractivity contribution >= 4 is 23.6 Å². The molecule has 1 saturated carbocycles. The highest BCUT2D eigenvalue weighted by Crippen LogP contribution is 2.29. The molecule has 1 N–H and O–H groups in total. The van der Waals surface area contributed by atoms with E-state index in [1.807, 2.05) is 18.7 Å². The molecule has 5 heteroatoms. The minimum absolute atomic E-state index is 0.0330. The first-order chi connectivity index (χ1) is 8.15. The maximum Gasteiger partial charge on any atom is 0.246 e. The topological polar surface area (TPSA) is 49.4 Å². The molecule has 2 fully saturated rings. The van der Waals surface area contributed by atoms with Crippen LogP contribution < -0.4 is 5.32 Å². The van der Waals surface area contributed by atoms with Gasteiger partial charge in [-0.25, -0.2) is 0 Å². The Labute approximate surface area is 106 Å². The minimum Gasteiger partial charge on any atom is -0.303 e.